The van der Waals surface area contributed by atoms with Gasteiger partial charge in [0.05, 0.1) is 17.8 Å². The average molecular weight is 415 g/mol. The highest BCUT2D eigenvalue weighted by molar-refractivity contribution is 7.98. The van der Waals surface area contributed by atoms with E-state index in [4.69, 9.17) is 0 Å². The first-order valence-corrected chi connectivity index (χ1v) is 10.8. The largest absolute Gasteiger partial charge is 0.332 e. The summed E-state index contributed by atoms with van der Waals surface area (Å²) in [4.78, 5) is 36.1. The first-order chi connectivity index (χ1) is 13.5. The zero-order chi connectivity index (χ0) is 21.9. The van der Waals surface area contributed by atoms with Crippen LogP contribution in [0.25, 0.3) is 0 Å². The maximum Gasteiger partial charge on any atom is 0.258 e. The quantitative estimate of drug-likeness (QED) is 0.564. The van der Waals surface area contributed by atoms with Crippen LogP contribution in [0.1, 0.15) is 58.3 Å². The number of aryl methyl sites for hydroxylation is 4. The Bertz CT molecular complexity index is 918. The van der Waals surface area contributed by atoms with Crippen molar-refractivity contribution in [1.29, 1.82) is 0 Å². The molecule has 7 heteroatoms. The number of likely N-dealkylation sites (N-methyl/N-ethyl adjacent to an activating group) is 1. The lowest BCUT2D eigenvalue weighted by atomic mass is 10.1. The highest BCUT2D eigenvalue weighted by Crippen LogP contribution is 2.25. The van der Waals surface area contributed by atoms with E-state index in [9.17, 15) is 9.59 Å². The molecule has 2 rings (SSSR count). The Kier molecular flexibility index (Phi) is 7.41. The van der Waals surface area contributed by atoms with Crippen molar-refractivity contribution in [3.05, 3.63) is 45.9 Å². The number of rotatable bonds is 6. The molecule has 2 aromatic rings. The highest BCUT2D eigenvalue weighted by Gasteiger charge is 2.23. The van der Waals surface area contributed by atoms with E-state index in [0.29, 0.717) is 22.1 Å². The molecule has 29 heavy (non-hydrogen) atoms. The average Bonchev–Trinajstić information content (AvgIpc) is 2.63. The van der Waals surface area contributed by atoms with Crippen LogP contribution in [-0.4, -0.2) is 46.5 Å². The van der Waals surface area contributed by atoms with Crippen molar-refractivity contribution in [3.8, 4) is 0 Å². The Morgan fingerprint density at radius 2 is 1.69 bits per heavy atom. The van der Waals surface area contributed by atoms with Crippen LogP contribution < -0.4 is 5.32 Å². The Hall–Kier alpha value is -2.41. The first-order valence-electron chi connectivity index (χ1n) is 9.60. The summed E-state index contributed by atoms with van der Waals surface area (Å²) >= 11 is 1.41. The van der Waals surface area contributed by atoms with Crippen molar-refractivity contribution >= 4 is 29.3 Å². The van der Waals surface area contributed by atoms with Crippen LogP contribution in [0, 0.1) is 27.7 Å². The number of amides is 2. The van der Waals surface area contributed by atoms with Crippen molar-refractivity contribution in [2.45, 2.75) is 52.5 Å². The fourth-order valence-corrected chi connectivity index (χ4v) is 3.88. The molecule has 0 saturated heterocycles. The lowest BCUT2D eigenvalue weighted by Crippen LogP contribution is -2.36. The van der Waals surface area contributed by atoms with E-state index in [0.717, 1.165) is 22.4 Å². The van der Waals surface area contributed by atoms with Gasteiger partial charge in [-0.25, -0.2) is 9.97 Å². The van der Waals surface area contributed by atoms with Crippen LogP contribution >= 0.6 is 11.8 Å². The molecule has 0 aliphatic carbocycles. The molecule has 2 amide bonds. The van der Waals surface area contributed by atoms with Gasteiger partial charge in [0.1, 0.15) is 10.9 Å². The fraction of sp³-hybridized carbons (Fsp3) is 0.455. The van der Waals surface area contributed by atoms with Crippen LogP contribution in [0.15, 0.2) is 17.2 Å². The molecule has 1 aromatic heterocycles. The Labute approximate surface area is 177 Å². The molecule has 0 atom stereocenters. The van der Waals surface area contributed by atoms with Gasteiger partial charge in [-0.3, -0.25) is 9.59 Å². The molecule has 0 aliphatic heterocycles. The van der Waals surface area contributed by atoms with E-state index in [2.05, 4.69) is 15.3 Å². The van der Waals surface area contributed by atoms with Gasteiger partial charge in [-0.15, -0.1) is 11.8 Å². The van der Waals surface area contributed by atoms with Crippen molar-refractivity contribution in [3.63, 3.8) is 0 Å². The van der Waals surface area contributed by atoms with Gasteiger partial charge in [0.25, 0.3) is 5.91 Å². The minimum atomic E-state index is -0.255. The Morgan fingerprint density at radius 1 is 1.10 bits per heavy atom. The summed E-state index contributed by atoms with van der Waals surface area (Å²) in [6, 6.07) is 4.05. The molecule has 0 unspecified atom stereocenters. The van der Waals surface area contributed by atoms with Gasteiger partial charge in [0.15, 0.2) is 0 Å². The van der Waals surface area contributed by atoms with Crippen LogP contribution in [-0.2, 0) is 4.79 Å². The Morgan fingerprint density at radius 3 is 2.21 bits per heavy atom. The molecule has 156 valence electrons. The number of thioether (sulfide) groups is 1. The third kappa shape index (κ3) is 5.35. The smallest absolute Gasteiger partial charge is 0.258 e. The molecule has 0 bridgehead atoms. The monoisotopic (exact) mass is 414 g/mol. The predicted octanol–water partition coefficient (Wildman–Crippen LogP) is 4.27. The summed E-state index contributed by atoms with van der Waals surface area (Å²) < 4.78 is 0. The number of benzene rings is 1. The maximum atomic E-state index is 13.0. The standard InChI is InChI=1S/C22H30N4O2S/c1-12(2)20-23-16(6)18(21(25-20)29-8)22(28)26(7)11-17(27)24-19-14(4)9-13(3)10-15(19)5/h9-10,12H,11H2,1-8H3,(H,24,27). The van der Waals surface area contributed by atoms with E-state index < -0.39 is 0 Å². The van der Waals surface area contributed by atoms with Gasteiger partial charge >= 0.3 is 0 Å². The van der Waals surface area contributed by atoms with Crippen LogP contribution in [0.2, 0.25) is 0 Å². The van der Waals surface area contributed by atoms with E-state index in [1.54, 1.807) is 7.05 Å². The lowest BCUT2D eigenvalue weighted by molar-refractivity contribution is -0.116. The number of aromatic nitrogens is 2. The molecular formula is C22H30N4O2S. The number of anilines is 1. The summed E-state index contributed by atoms with van der Waals surface area (Å²) in [5.74, 6) is 0.399. The van der Waals surface area contributed by atoms with Gasteiger partial charge in [0.2, 0.25) is 5.91 Å². The molecule has 1 heterocycles. The summed E-state index contributed by atoms with van der Waals surface area (Å²) in [6.07, 6.45) is 1.89. The minimum Gasteiger partial charge on any atom is -0.332 e. The van der Waals surface area contributed by atoms with E-state index in [1.165, 1.54) is 16.7 Å². The van der Waals surface area contributed by atoms with Gasteiger partial charge in [0, 0.05) is 18.7 Å². The molecule has 1 aromatic carbocycles. The molecule has 0 radical (unpaired) electrons. The molecule has 0 fully saturated rings. The molecular weight excluding hydrogens is 384 g/mol. The second-order valence-electron chi connectivity index (χ2n) is 7.69. The van der Waals surface area contributed by atoms with Crippen molar-refractivity contribution in [1.82, 2.24) is 14.9 Å². The van der Waals surface area contributed by atoms with E-state index >= 15 is 0 Å². The van der Waals surface area contributed by atoms with Crippen molar-refractivity contribution in [2.75, 3.05) is 25.2 Å². The topological polar surface area (TPSA) is 75.2 Å². The molecule has 1 N–H and O–H groups in total. The number of carbonyl (C=O) groups excluding carboxylic acids is 2. The normalized spacial score (nSPS) is 10.9. The zero-order valence-electron chi connectivity index (χ0n) is 18.5. The van der Waals surface area contributed by atoms with Crippen LogP contribution in [0.4, 0.5) is 5.69 Å². The summed E-state index contributed by atoms with van der Waals surface area (Å²) in [5.41, 5.74) is 5.05. The zero-order valence-corrected chi connectivity index (χ0v) is 19.3. The summed E-state index contributed by atoms with van der Waals surface area (Å²) in [6.45, 7) is 11.8. The lowest BCUT2D eigenvalue weighted by Gasteiger charge is -2.20. The number of carbonyl (C=O) groups is 2. The van der Waals surface area contributed by atoms with Crippen molar-refractivity contribution in [2.24, 2.45) is 0 Å². The molecule has 0 saturated carbocycles. The van der Waals surface area contributed by atoms with Gasteiger partial charge in [-0.05, 0) is 45.1 Å². The van der Waals surface area contributed by atoms with E-state index in [1.807, 2.05) is 59.9 Å². The van der Waals surface area contributed by atoms with Crippen LogP contribution in [0.3, 0.4) is 0 Å². The predicted molar refractivity (Wildman–Crippen MR) is 119 cm³/mol. The molecule has 0 spiro atoms. The van der Waals surface area contributed by atoms with E-state index in [-0.39, 0.29) is 24.3 Å². The fourth-order valence-electron chi connectivity index (χ4n) is 3.25. The second-order valence-corrected chi connectivity index (χ2v) is 8.48. The van der Waals surface area contributed by atoms with Gasteiger partial charge in [-0.2, -0.15) is 0 Å². The number of hydrogen-bond donors (Lipinski definition) is 1. The number of nitrogens with zero attached hydrogens (tertiary/aromatic N) is 3. The molecule has 6 nitrogen and oxygen atoms in total. The second kappa shape index (κ2) is 9.39. The van der Waals surface area contributed by atoms with Gasteiger partial charge < -0.3 is 10.2 Å². The Balaban J connectivity index is 2.20. The number of nitrogens with one attached hydrogen (secondary N) is 1. The summed E-state index contributed by atoms with van der Waals surface area (Å²) in [7, 11) is 1.62. The van der Waals surface area contributed by atoms with Crippen LogP contribution in [0.5, 0.6) is 0 Å². The van der Waals surface area contributed by atoms with Gasteiger partial charge in [-0.1, -0.05) is 31.5 Å². The van der Waals surface area contributed by atoms with Crippen molar-refractivity contribution < 1.29 is 9.59 Å². The number of hydrogen-bond acceptors (Lipinski definition) is 5. The maximum absolute atomic E-state index is 13.0. The first kappa shape index (κ1) is 22.9. The highest BCUT2D eigenvalue weighted by atomic mass is 32.2. The third-order valence-corrected chi connectivity index (χ3v) is 5.35. The SMILES string of the molecule is CSc1nc(C(C)C)nc(C)c1C(=O)N(C)CC(=O)Nc1c(C)cc(C)cc1C. The third-order valence-electron chi connectivity index (χ3n) is 4.67. The molecule has 0 aliphatic rings. The minimum absolute atomic E-state index is 0.0508. The summed E-state index contributed by atoms with van der Waals surface area (Å²) in [5, 5.41) is 3.58.